The van der Waals surface area contributed by atoms with Crippen LogP contribution in [0.15, 0.2) is 46.9 Å². The zero-order valence-corrected chi connectivity index (χ0v) is 11.8. The van der Waals surface area contributed by atoms with E-state index >= 15 is 0 Å². The third kappa shape index (κ3) is 3.10. The van der Waals surface area contributed by atoms with Crippen LogP contribution in [0.1, 0.15) is 18.1 Å². The molecule has 1 N–H and O–H groups in total. The van der Waals surface area contributed by atoms with Crippen molar-refractivity contribution in [1.82, 2.24) is 0 Å². The van der Waals surface area contributed by atoms with Crippen molar-refractivity contribution < 1.29 is 4.39 Å². The molecule has 1 nitrogen and oxygen atoms in total. The number of benzene rings is 2. The van der Waals surface area contributed by atoms with Crippen molar-refractivity contribution in [1.29, 1.82) is 0 Å². The highest BCUT2D eigenvalue weighted by Gasteiger charge is 2.03. The van der Waals surface area contributed by atoms with Gasteiger partial charge in [0.05, 0.1) is 0 Å². The number of aryl methyl sites for hydroxylation is 1. The van der Waals surface area contributed by atoms with E-state index in [0.29, 0.717) is 6.54 Å². The molecule has 3 heteroatoms. The van der Waals surface area contributed by atoms with Gasteiger partial charge >= 0.3 is 0 Å². The fourth-order valence-electron chi connectivity index (χ4n) is 1.86. The molecule has 94 valence electrons. The van der Waals surface area contributed by atoms with Crippen molar-refractivity contribution >= 4 is 21.6 Å². The van der Waals surface area contributed by atoms with E-state index < -0.39 is 0 Å². The summed E-state index contributed by atoms with van der Waals surface area (Å²) < 4.78 is 13.8. The maximum atomic E-state index is 13.0. The maximum absolute atomic E-state index is 13.0. The van der Waals surface area contributed by atoms with Gasteiger partial charge in [0.25, 0.3) is 0 Å². The SMILES string of the molecule is CCc1ccccc1NCc1ccc(F)cc1Br. The van der Waals surface area contributed by atoms with Crippen molar-refractivity contribution in [2.24, 2.45) is 0 Å². The van der Waals surface area contributed by atoms with Gasteiger partial charge in [0.2, 0.25) is 0 Å². The molecule has 0 aromatic heterocycles. The van der Waals surface area contributed by atoms with Gasteiger partial charge in [-0.1, -0.05) is 47.1 Å². The second-order valence-electron chi connectivity index (χ2n) is 4.10. The number of halogens is 2. The molecule has 0 aliphatic rings. The van der Waals surface area contributed by atoms with Crippen LogP contribution in [0.25, 0.3) is 0 Å². The summed E-state index contributed by atoms with van der Waals surface area (Å²) in [5.74, 6) is -0.223. The minimum Gasteiger partial charge on any atom is -0.381 e. The molecule has 0 saturated heterocycles. The van der Waals surface area contributed by atoms with E-state index in [9.17, 15) is 4.39 Å². The van der Waals surface area contributed by atoms with Gasteiger partial charge in [-0.2, -0.15) is 0 Å². The Kier molecular flexibility index (Phi) is 4.37. The van der Waals surface area contributed by atoms with Crippen LogP contribution in [-0.4, -0.2) is 0 Å². The summed E-state index contributed by atoms with van der Waals surface area (Å²) in [5.41, 5.74) is 3.47. The third-order valence-electron chi connectivity index (χ3n) is 2.88. The highest BCUT2D eigenvalue weighted by Crippen LogP contribution is 2.21. The molecule has 0 spiro atoms. The molecule has 2 aromatic rings. The Hall–Kier alpha value is -1.35. The summed E-state index contributed by atoms with van der Waals surface area (Å²) >= 11 is 3.38. The summed E-state index contributed by atoms with van der Waals surface area (Å²) in [6.07, 6.45) is 0.994. The maximum Gasteiger partial charge on any atom is 0.124 e. The van der Waals surface area contributed by atoms with Gasteiger partial charge < -0.3 is 5.32 Å². The predicted octanol–water partition coefficient (Wildman–Crippen LogP) is 4.76. The molecular weight excluding hydrogens is 293 g/mol. The Morgan fingerprint density at radius 3 is 2.61 bits per heavy atom. The Bertz CT molecular complexity index is 540. The van der Waals surface area contributed by atoms with E-state index in [1.165, 1.54) is 17.7 Å². The highest BCUT2D eigenvalue weighted by molar-refractivity contribution is 9.10. The first-order valence-electron chi connectivity index (χ1n) is 5.96. The number of rotatable bonds is 4. The van der Waals surface area contributed by atoms with Gasteiger partial charge in [-0.15, -0.1) is 0 Å². The van der Waals surface area contributed by atoms with Crippen molar-refractivity contribution in [2.75, 3.05) is 5.32 Å². The molecule has 0 aliphatic carbocycles. The van der Waals surface area contributed by atoms with Crippen LogP contribution in [0.4, 0.5) is 10.1 Å². The fourth-order valence-corrected chi connectivity index (χ4v) is 2.35. The van der Waals surface area contributed by atoms with Crippen LogP contribution in [0.5, 0.6) is 0 Å². The lowest BCUT2D eigenvalue weighted by molar-refractivity contribution is 0.626. The smallest absolute Gasteiger partial charge is 0.124 e. The first-order valence-corrected chi connectivity index (χ1v) is 6.75. The highest BCUT2D eigenvalue weighted by atomic mass is 79.9. The first kappa shape index (κ1) is 13.1. The van der Waals surface area contributed by atoms with Crippen LogP contribution in [0.3, 0.4) is 0 Å². The topological polar surface area (TPSA) is 12.0 Å². The van der Waals surface area contributed by atoms with E-state index in [1.807, 2.05) is 12.1 Å². The van der Waals surface area contributed by atoms with Gasteiger partial charge in [-0.05, 0) is 35.7 Å². The molecule has 2 aromatic carbocycles. The summed E-state index contributed by atoms with van der Waals surface area (Å²) in [6, 6.07) is 13.0. The molecule has 0 unspecified atom stereocenters. The largest absolute Gasteiger partial charge is 0.381 e. The third-order valence-corrected chi connectivity index (χ3v) is 3.62. The van der Waals surface area contributed by atoms with Crippen LogP contribution >= 0.6 is 15.9 Å². The van der Waals surface area contributed by atoms with Gasteiger partial charge in [-0.25, -0.2) is 4.39 Å². The lowest BCUT2D eigenvalue weighted by atomic mass is 10.1. The van der Waals surface area contributed by atoms with Crippen LogP contribution in [0, 0.1) is 5.82 Å². The van der Waals surface area contributed by atoms with E-state index in [-0.39, 0.29) is 5.82 Å². The zero-order chi connectivity index (χ0) is 13.0. The van der Waals surface area contributed by atoms with E-state index in [1.54, 1.807) is 6.07 Å². The second-order valence-corrected chi connectivity index (χ2v) is 4.95. The standard InChI is InChI=1S/C15H15BrFN/c1-2-11-5-3-4-6-15(11)18-10-12-7-8-13(17)9-14(12)16/h3-9,18H,2,10H2,1H3. The Balaban J connectivity index is 2.11. The monoisotopic (exact) mass is 307 g/mol. The van der Waals surface area contributed by atoms with Crippen molar-refractivity contribution in [2.45, 2.75) is 19.9 Å². The second kappa shape index (κ2) is 6.01. The quantitative estimate of drug-likeness (QED) is 0.858. The van der Waals surface area contributed by atoms with Crippen LogP contribution < -0.4 is 5.32 Å². The Labute approximate surface area is 115 Å². The molecular formula is C15H15BrFN. The number of hydrogen-bond acceptors (Lipinski definition) is 1. The summed E-state index contributed by atoms with van der Waals surface area (Å²) in [4.78, 5) is 0. The van der Waals surface area contributed by atoms with Crippen molar-refractivity contribution in [3.05, 3.63) is 63.9 Å². The normalized spacial score (nSPS) is 10.4. The van der Waals surface area contributed by atoms with E-state index in [4.69, 9.17) is 0 Å². The molecule has 0 aliphatic heterocycles. The molecule has 0 bridgehead atoms. The molecule has 18 heavy (non-hydrogen) atoms. The van der Waals surface area contributed by atoms with E-state index in [0.717, 1.165) is 22.1 Å². The van der Waals surface area contributed by atoms with Crippen molar-refractivity contribution in [3.8, 4) is 0 Å². The van der Waals surface area contributed by atoms with E-state index in [2.05, 4.69) is 40.3 Å². The Morgan fingerprint density at radius 2 is 1.89 bits per heavy atom. The molecule has 0 amide bonds. The minimum atomic E-state index is -0.223. The lowest BCUT2D eigenvalue weighted by Crippen LogP contribution is -2.02. The fraction of sp³-hybridized carbons (Fsp3) is 0.200. The number of anilines is 1. The van der Waals surface area contributed by atoms with Gasteiger partial charge in [0, 0.05) is 16.7 Å². The molecule has 0 radical (unpaired) electrons. The van der Waals surface area contributed by atoms with Gasteiger partial charge in [0.15, 0.2) is 0 Å². The zero-order valence-electron chi connectivity index (χ0n) is 10.2. The molecule has 0 atom stereocenters. The predicted molar refractivity (Wildman–Crippen MR) is 77.2 cm³/mol. The summed E-state index contributed by atoms with van der Waals surface area (Å²) in [5, 5.41) is 3.39. The summed E-state index contributed by atoms with van der Waals surface area (Å²) in [6.45, 7) is 2.81. The molecule has 0 heterocycles. The number of nitrogens with one attached hydrogen (secondary N) is 1. The summed E-state index contributed by atoms with van der Waals surface area (Å²) in [7, 11) is 0. The van der Waals surface area contributed by atoms with Crippen molar-refractivity contribution in [3.63, 3.8) is 0 Å². The minimum absolute atomic E-state index is 0.223. The number of hydrogen-bond donors (Lipinski definition) is 1. The first-order chi connectivity index (χ1) is 8.70. The Morgan fingerprint density at radius 1 is 1.11 bits per heavy atom. The van der Waals surface area contributed by atoms with Gasteiger partial charge in [0.1, 0.15) is 5.82 Å². The lowest BCUT2D eigenvalue weighted by Gasteiger charge is -2.11. The average Bonchev–Trinajstić information content (AvgIpc) is 2.38. The van der Waals surface area contributed by atoms with Crippen LogP contribution in [-0.2, 0) is 13.0 Å². The van der Waals surface area contributed by atoms with Crippen LogP contribution in [0.2, 0.25) is 0 Å². The number of para-hydroxylation sites is 1. The average molecular weight is 308 g/mol. The molecule has 2 rings (SSSR count). The van der Waals surface area contributed by atoms with Gasteiger partial charge in [-0.3, -0.25) is 0 Å². The molecule has 0 fully saturated rings. The molecule has 0 saturated carbocycles.